The van der Waals surface area contributed by atoms with Gasteiger partial charge < -0.3 is 25.8 Å². The zero-order chi connectivity index (χ0) is 15.5. The molecule has 0 saturated heterocycles. The summed E-state index contributed by atoms with van der Waals surface area (Å²) < 4.78 is 4.91. The molecule has 0 aromatic rings. The number of hydrogen-bond donors (Lipinski definition) is 4. The van der Waals surface area contributed by atoms with Gasteiger partial charge in [-0.2, -0.15) is 0 Å². The van der Waals surface area contributed by atoms with Gasteiger partial charge >= 0.3 is 12.0 Å². The molecule has 0 spiro atoms. The van der Waals surface area contributed by atoms with Gasteiger partial charge in [-0.05, 0) is 13.8 Å². The second-order valence-corrected chi connectivity index (χ2v) is 4.56. The molecule has 8 heteroatoms. The summed E-state index contributed by atoms with van der Waals surface area (Å²) in [5, 5.41) is 16.3. The lowest BCUT2D eigenvalue weighted by Crippen LogP contribution is -2.42. The van der Waals surface area contributed by atoms with Gasteiger partial charge in [0, 0.05) is 32.7 Å². The van der Waals surface area contributed by atoms with Gasteiger partial charge in [-0.15, -0.1) is 0 Å². The van der Waals surface area contributed by atoms with E-state index in [0.717, 1.165) is 0 Å². The summed E-state index contributed by atoms with van der Waals surface area (Å²) in [5.74, 6) is -1.13. The van der Waals surface area contributed by atoms with E-state index in [1.54, 1.807) is 0 Å². The number of carbonyl (C=O) groups excluding carboxylic acids is 2. The molecular formula is C12H23N3O5. The molecule has 1 atom stereocenters. The van der Waals surface area contributed by atoms with Crippen LogP contribution < -0.4 is 16.0 Å². The molecule has 1 unspecified atom stereocenters. The van der Waals surface area contributed by atoms with E-state index in [0.29, 0.717) is 0 Å². The smallest absolute Gasteiger partial charge is 0.314 e. The minimum atomic E-state index is -0.996. The molecule has 0 aromatic carbocycles. The van der Waals surface area contributed by atoms with E-state index < -0.39 is 18.1 Å². The van der Waals surface area contributed by atoms with E-state index in [1.807, 2.05) is 13.8 Å². The number of amides is 3. The fourth-order valence-electron chi connectivity index (χ4n) is 1.39. The monoisotopic (exact) mass is 289 g/mol. The first kappa shape index (κ1) is 18.2. The molecule has 0 bridgehead atoms. The third-order valence-electron chi connectivity index (χ3n) is 2.31. The molecule has 8 nitrogen and oxygen atoms in total. The number of methoxy groups -OCH3 is 1. The Morgan fingerprint density at radius 2 is 1.85 bits per heavy atom. The Kier molecular flexibility index (Phi) is 9.10. The molecule has 0 heterocycles. The Morgan fingerprint density at radius 3 is 2.35 bits per heavy atom. The van der Waals surface area contributed by atoms with Gasteiger partial charge in [-0.3, -0.25) is 9.59 Å². The molecule has 116 valence electrons. The number of carboxylic acid groups (broad SMARTS) is 1. The molecule has 0 saturated carbocycles. The van der Waals surface area contributed by atoms with Crippen molar-refractivity contribution in [2.45, 2.75) is 38.8 Å². The largest absolute Gasteiger partial charge is 0.481 e. The van der Waals surface area contributed by atoms with Crippen molar-refractivity contribution in [2.24, 2.45) is 0 Å². The molecule has 4 N–H and O–H groups in total. The van der Waals surface area contributed by atoms with Crippen LogP contribution in [0.1, 0.15) is 26.7 Å². The zero-order valence-electron chi connectivity index (χ0n) is 12.1. The number of hydrogen-bond acceptors (Lipinski definition) is 4. The number of carbonyl (C=O) groups is 3. The number of ether oxygens (including phenoxy) is 1. The van der Waals surface area contributed by atoms with Crippen molar-refractivity contribution in [3.8, 4) is 0 Å². The standard InChI is InChI=1S/C12H23N3O5/c1-8(2)15-10(16)4-5-13-12(19)14-7-9(20-3)6-11(17)18/h8-9H,4-7H2,1-3H3,(H,15,16)(H,17,18)(H2,13,14,19). The lowest BCUT2D eigenvalue weighted by Gasteiger charge is -2.14. The highest BCUT2D eigenvalue weighted by Crippen LogP contribution is 1.95. The van der Waals surface area contributed by atoms with Crippen molar-refractivity contribution in [1.82, 2.24) is 16.0 Å². The fraction of sp³-hybridized carbons (Fsp3) is 0.750. The van der Waals surface area contributed by atoms with Crippen molar-refractivity contribution < 1.29 is 24.2 Å². The van der Waals surface area contributed by atoms with E-state index in [2.05, 4.69) is 16.0 Å². The molecule has 0 aliphatic rings. The molecular weight excluding hydrogens is 266 g/mol. The van der Waals surface area contributed by atoms with Gasteiger partial charge in [-0.25, -0.2) is 4.79 Å². The highest BCUT2D eigenvalue weighted by atomic mass is 16.5. The van der Waals surface area contributed by atoms with Crippen molar-refractivity contribution in [3.05, 3.63) is 0 Å². The van der Waals surface area contributed by atoms with Crippen LogP contribution in [0.5, 0.6) is 0 Å². The first-order valence-corrected chi connectivity index (χ1v) is 6.40. The first-order valence-electron chi connectivity index (χ1n) is 6.40. The molecule has 0 aromatic heterocycles. The minimum Gasteiger partial charge on any atom is -0.481 e. The van der Waals surface area contributed by atoms with Crippen LogP contribution in [-0.2, 0) is 14.3 Å². The summed E-state index contributed by atoms with van der Waals surface area (Å²) in [7, 11) is 1.38. The second-order valence-electron chi connectivity index (χ2n) is 4.56. The lowest BCUT2D eigenvalue weighted by atomic mass is 10.2. The van der Waals surface area contributed by atoms with Gasteiger partial charge in [0.15, 0.2) is 0 Å². The summed E-state index contributed by atoms with van der Waals surface area (Å²) >= 11 is 0. The van der Waals surface area contributed by atoms with Crippen LogP contribution in [0.3, 0.4) is 0 Å². The number of aliphatic carboxylic acids is 1. The Hall–Kier alpha value is -1.83. The van der Waals surface area contributed by atoms with Crippen LogP contribution in [0.4, 0.5) is 4.79 Å². The van der Waals surface area contributed by atoms with Gasteiger partial charge in [-0.1, -0.05) is 0 Å². The SMILES string of the molecule is COC(CNC(=O)NCCC(=O)NC(C)C)CC(=O)O. The highest BCUT2D eigenvalue weighted by molar-refractivity contribution is 5.78. The van der Waals surface area contributed by atoms with Crippen LogP contribution >= 0.6 is 0 Å². The van der Waals surface area contributed by atoms with Crippen molar-refractivity contribution in [1.29, 1.82) is 0 Å². The van der Waals surface area contributed by atoms with Crippen molar-refractivity contribution in [3.63, 3.8) is 0 Å². The Labute approximate surface area is 118 Å². The first-order chi connectivity index (χ1) is 9.35. The van der Waals surface area contributed by atoms with Crippen LogP contribution in [0, 0.1) is 0 Å². The number of urea groups is 1. The minimum absolute atomic E-state index is 0.0646. The van der Waals surface area contributed by atoms with Gasteiger partial charge in [0.1, 0.15) is 0 Å². The molecule has 0 aliphatic heterocycles. The maximum atomic E-state index is 11.4. The molecule has 0 fully saturated rings. The molecule has 20 heavy (non-hydrogen) atoms. The zero-order valence-corrected chi connectivity index (χ0v) is 12.1. The second kappa shape index (κ2) is 10.0. The summed E-state index contributed by atoms with van der Waals surface area (Å²) in [4.78, 5) is 33.2. The summed E-state index contributed by atoms with van der Waals surface area (Å²) in [6.07, 6.45) is -0.579. The summed E-state index contributed by atoms with van der Waals surface area (Å²) in [6.45, 7) is 4.00. The van der Waals surface area contributed by atoms with Crippen LogP contribution in [0.25, 0.3) is 0 Å². The van der Waals surface area contributed by atoms with E-state index >= 15 is 0 Å². The van der Waals surface area contributed by atoms with E-state index in [4.69, 9.17) is 9.84 Å². The number of rotatable bonds is 9. The highest BCUT2D eigenvalue weighted by Gasteiger charge is 2.13. The summed E-state index contributed by atoms with van der Waals surface area (Å²) in [6, 6.07) is -0.399. The van der Waals surface area contributed by atoms with Crippen LogP contribution in [-0.4, -0.2) is 55.4 Å². The normalized spacial score (nSPS) is 11.8. The van der Waals surface area contributed by atoms with Gasteiger partial charge in [0.05, 0.1) is 12.5 Å². The molecule has 0 radical (unpaired) electrons. The van der Waals surface area contributed by atoms with E-state index in [-0.39, 0.29) is 37.9 Å². The van der Waals surface area contributed by atoms with Gasteiger partial charge in [0.2, 0.25) is 5.91 Å². The average molecular weight is 289 g/mol. The molecule has 0 aliphatic carbocycles. The van der Waals surface area contributed by atoms with E-state index in [9.17, 15) is 14.4 Å². The third-order valence-corrected chi connectivity index (χ3v) is 2.31. The van der Waals surface area contributed by atoms with Crippen LogP contribution in [0.15, 0.2) is 0 Å². The molecule has 0 rings (SSSR count). The predicted molar refractivity (Wildman–Crippen MR) is 72.3 cm³/mol. The van der Waals surface area contributed by atoms with Gasteiger partial charge in [0.25, 0.3) is 0 Å². The molecule has 3 amide bonds. The number of nitrogens with one attached hydrogen (secondary N) is 3. The predicted octanol–water partition coefficient (Wildman–Crippen LogP) is -0.310. The quantitative estimate of drug-likeness (QED) is 0.464. The fourth-order valence-corrected chi connectivity index (χ4v) is 1.39. The number of carboxylic acids is 1. The van der Waals surface area contributed by atoms with Crippen LogP contribution in [0.2, 0.25) is 0 Å². The van der Waals surface area contributed by atoms with E-state index in [1.165, 1.54) is 7.11 Å². The maximum absolute atomic E-state index is 11.4. The average Bonchev–Trinajstić information content (AvgIpc) is 2.33. The third kappa shape index (κ3) is 10.1. The summed E-state index contributed by atoms with van der Waals surface area (Å²) in [5.41, 5.74) is 0. The topological polar surface area (TPSA) is 117 Å². The van der Waals surface area contributed by atoms with Crippen molar-refractivity contribution >= 4 is 17.9 Å². The maximum Gasteiger partial charge on any atom is 0.314 e. The lowest BCUT2D eigenvalue weighted by molar-refractivity contribution is -0.139. The Morgan fingerprint density at radius 1 is 1.20 bits per heavy atom. The Bertz CT molecular complexity index is 333. The Balaban J connectivity index is 3.77. The van der Waals surface area contributed by atoms with Crippen molar-refractivity contribution in [2.75, 3.05) is 20.2 Å².